The molecule has 0 spiro atoms. The summed E-state index contributed by atoms with van der Waals surface area (Å²) >= 11 is 6.01. The first-order valence-electron chi connectivity index (χ1n) is 8.93. The third kappa shape index (κ3) is 3.82. The molecule has 0 aliphatic heterocycles. The summed E-state index contributed by atoms with van der Waals surface area (Å²) in [6, 6.07) is 9.63. The van der Waals surface area contributed by atoms with Crippen LogP contribution in [0.2, 0.25) is 5.02 Å². The number of carbonyl (C=O) groups excluding carboxylic acids is 2. The third-order valence-electron chi connectivity index (χ3n) is 4.86. The molecule has 29 heavy (non-hydrogen) atoms. The molecule has 2 heterocycles. The maximum Gasteiger partial charge on any atom is 0.261 e. The molecule has 0 saturated heterocycles. The van der Waals surface area contributed by atoms with Gasteiger partial charge in [-0.05, 0) is 36.8 Å². The molecule has 4 rings (SSSR count). The average molecular weight is 413 g/mol. The number of ketones is 1. The zero-order chi connectivity index (χ0) is 20.5. The van der Waals surface area contributed by atoms with Crippen LogP contribution in [0.1, 0.15) is 44.5 Å². The van der Waals surface area contributed by atoms with Gasteiger partial charge in [0.05, 0.1) is 13.4 Å². The van der Waals surface area contributed by atoms with Crippen LogP contribution in [0.3, 0.4) is 0 Å². The minimum absolute atomic E-state index is 0.140. The lowest BCUT2D eigenvalue weighted by Gasteiger charge is -2.22. The topological polar surface area (TPSA) is 101 Å². The van der Waals surface area contributed by atoms with Crippen LogP contribution in [-0.4, -0.2) is 23.8 Å². The van der Waals surface area contributed by atoms with Gasteiger partial charge in [-0.15, -0.1) is 0 Å². The zero-order valence-corrected chi connectivity index (χ0v) is 16.2. The number of benzene rings is 1. The van der Waals surface area contributed by atoms with Crippen LogP contribution in [0.15, 0.2) is 51.9 Å². The van der Waals surface area contributed by atoms with Crippen molar-refractivity contribution in [3.8, 4) is 5.75 Å². The maximum atomic E-state index is 12.6. The van der Waals surface area contributed by atoms with Gasteiger partial charge in [0.15, 0.2) is 5.78 Å². The number of aromatic nitrogens is 1. The first kappa shape index (κ1) is 19.0. The monoisotopic (exact) mass is 412 g/mol. The number of nitrogens with one attached hydrogen (secondary N) is 2. The van der Waals surface area contributed by atoms with Crippen molar-refractivity contribution in [3.05, 3.63) is 80.6 Å². The zero-order valence-electron chi connectivity index (χ0n) is 15.5. The van der Waals surface area contributed by atoms with Gasteiger partial charge in [0.2, 0.25) is 0 Å². The number of fused-ring (bicyclic) bond motifs is 1. The molecule has 0 radical (unpaired) electrons. The first-order chi connectivity index (χ1) is 13.9. The Labute approximate surface area is 170 Å². The molecule has 1 aromatic carbocycles. The van der Waals surface area contributed by atoms with Crippen LogP contribution in [-0.2, 0) is 6.42 Å². The Morgan fingerprint density at radius 1 is 1.24 bits per heavy atom. The average Bonchev–Trinajstić information content (AvgIpc) is 3.21. The van der Waals surface area contributed by atoms with E-state index in [2.05, 4.69) is 10.3 Å². The van der Waals surface area contributed by atoms with Crippen LogP contribution < -0.4 is 15.6 Å². The van der Waals surface area contributed by atoms with Gasteiger partial charge < -0.3 is 19.5 Å². The lowest BCUT2D eigenvalue weighted by molar-refractivity contribution is 0.0959. The Kier molecular flexibility index (Phi) is 4.98. The molecular weight excluding hydrogens is 396 g/mol. The van der Waals surface area contributed by atoms with Crippen LogP contribution >= 0.6 is 11.6 Å². The largest absolute Gasteiger partial charge is 0.497 e. The van der Waals surface area contributed by atoms with E-state index in [1.54, 1.807) is 24.5 Å². The summed E-state index contributed by atoms with van der Waals surface area (Å²) in [5.41, 5.74) is 0.520. The SMILES string of the molecule is COc1cc(Cl)cc(NC(=O)c2cc3c([nH]c2=O)C[C@@H](c2ccco2)CC3=O)c1. The Morgan fingerprint density at radius 3 is 2.79 bits per heavy atom. The number of furan rings is 1. The van der Waals surface area contributed by atoms with E-state index in [9.17, 15) is 14.4 Å². The molecule has 0 unspecified atom stereocenters. The van der Waals surface area contributed by atoms with E-state index in [1.165, 1.54) is 19.2 Å². The van der Waals surface area contributed by atoms with Crippen molar-refractivity contribution in [3.63, 3.8) is 0 Å². The van der Waals surface area contributed by atoms with Crippen molar-refractivity contribution in [2.24, 2.45) is 0 Å². The summed E-state index contributed by atoms with van der Waals surface area (Å²) < 4.78 is 10.5. The molecule has 3 aromatic rings. The number of carbonyl (C=O) groups is 2. The van der Waals surface area contributed by atoms with Gasteiger partial charge in [0, 0.05) is 40.4 Å². The normalized spacial score (nSPS) is 15.7. The minimum atomic E-state index is -0.640. The third-order valence-corrected chi connectivity index (χ3v) is 5.08. The molecule has 0 fully saturated rings. The van der Waals surface area contributed by atoms with Crippen LogP contribution in [0.5, 0.6) is 5.75 Å². The molecule has 7 nitrogen and oxygen atoms in total. The van der Waals surface area contributed by atoms with Crippen molar-refractivity contribution in [2.45, 2.75) is 18.8 Å². The van der Waals surface area contributed by atoms with E-state index in [-0.39, 0.29) is 23.7 Å². The molecular formula is C21H17ClN2O5. The summed E-state index contributed by atoms with van der Waals surface area (Å²) in [6.07, 6.45) is 2.26. The van der Waals surface area contributed by atoms with E-state index in [1.807, 2.05) is 6.07 Å². The van der Waals surface area contributed by atoms with Crippen LogP contribution in [0.25, 0.3) is 0 Å². The van der Waals surface area contributed by atoms with Crippen molar-refractivity contribution in [1.82, 2.24) is 4.98 Å². The second-order valence-corrected chi connectivity index (χ2v) is 7.22. The predicted octanol–water partition coefficient (Wildman–Crippen LogP) is 3.79. The molecule has 1 aliphatic carbocycles. The number of aromatic amines is 1. The van der Waals surface area contributed by atoms with Gasteiger partial charge in [-0.25, -0.2) is 0 Å². The number of halogens is 1. The maximum absolute atomic E-state index is 12.6. The summed E-state index contributed by atoms with van der Waals surface area (Å²) in [6.45, 7) is 0. The number of pyridine rings is 1. The highest BCUT2D eigenvalue weighted by Crippen LogP contribution is 2.32. The number of H-pyrrole nitrogens is 1. The van der Waals surface area contributed by atoms with Crippen molar-refractivity contribution in [2.75, 3.05) is 12.4 Å². The van der Waals surface area contributed by atoms with Gasteiger partial charge in [-0.3, -0.25) is 14.4 Å². The summed E-state index contributed by atoms with van der Waals surface area (Å²) in [5, 5.41) is 2.99. The predicted molar refractivity (Wildman–Crippen MR) is 107 cm³/mol. The molecule has 148 valence electrons. The molecule has 1 amide bonds. The summed E-state index contributed by atoms with van der Waals surface area (Å²) in [7, 11) is 1.48. The minimum Gasteiger partial charge on any atom is -0.497 e. The highest BCUT2D eigenvalue weighted by atomic mass is 35.5. The highest BCUT2D eigenvalue weighted by Gasteiger charge is 2.30. The lowest BCUT2D eigenvalue weighted by atomic mass is 9.84. The van der Waals surface area contributed by atoms with Crippen LogP contribution in [0.4, 0.5) is 5.69 Å². The molecule has 1 atom stereocenters. The standard InChI is InChI=1S/C21H17ClN2O5/c1-28-14-8-12(22)7-13(9-14)23-20(26)16-10-15-17(24-21(16)27)5-11(6-18(15)25)19-3-2-4-29-19/h2-4,7-11H,5-6H2,1H3,(H,23,26)(H,24,27)/t11-/m1/s1. The Balaban J connectivity index is 1.62. The summed E-state index contributed by atoms with van der Waals surface area (Å²) in [4.78, 5) is 40.5. The number of methoxy groups -OCH3 is 1. The van der Waals surface area contributed by atoms with Crippen LogP contribution in [0, 0.1) is 0 Å². The highest BCUT2D eigenvalue weighted by molar-refractivity contribution is 6.31. The number of hydrogen-bond donors (Lipinski definition) is 2. The number of Topliss-reactive ketones (excluding diaryl/α,β-unsaturated/α-hetero) is 1. The first-order valence-corrected chi connectivity index (χ1v) is 9.31. The lowest BCUT2D eigenvalue weighted by Crippen LogP contribution is -2.29. The smallest absolute Gasteiger partial charge is 0.261 e. The number of ether oxygens (including phenoxy) is 1. The Morgan fingerprint density at radius 2 is 2.07 bits per heavy atom. The molecule has 2 N–H and O–H groups in total. The molecule has 8 heteroatoms. The van der Waals surface area contributed by atoms with Gasteiger partial charge in [0.1, 0.15) is 17.1 Å². The van der Waals surface area contributed by atoms with Gasteiger partial charge in [-0.2, -0.15) is 0 Å². The molecule has 0 bridgehead atoms. The Hall–Kier alpha value is -3.32. The van der Waals surface area contributed by atoms with E-state index >= 15 is 0 Å². The second kappa shape index (κ2) is 7.60. The fraction of sp³-hybridized carbons (Fsp3) is 0.190. The number of anilines is 1. The number of hydrogen-bond acceptors (Lipinski definition) is 5. The fourth-order valence-electron chi connectivity index (χ4n) is 3.48. The van der Waals surface area contributed by atoms with E-state index in [4.69, 9.17) is 20.8 Å². The van der Waals surface area contributed by atoms with E-state index < -0.39 is 11.5 Å². The quantitative estimate of drug-likeness (QED) is 0.678. The Bertz CT molecular complexity index is 1150. The van der Waals surface area contributed by atoms with Crippen molar-refractivity contribution < 1.29 is 18.7 Å². The second-order valence-electron chi connectivity index (χ2n) is 6.78. The number of rotatable bonds is 4. The van der Waals surface area contributed by atoms with E-state index in [0.717, 1.165) is 0 Å². The number of amides is 1. The van der Waals surface area contributed by atoms with E-state index in [0.29, 0.717) is 39.9 Å². The van der Waals surface area contributed by atoms with Crippen molar-refractivity contribution in [1.29, 1.82) is 0 Å². The molecule has 2 aromatic heterocycles. The van der Waals surface area contributed by atoms with Gasteiger partial charge in [0.25, 0.3) is 11.5 Å². The van der Waals surface area contributed by atoms with Gasteiger partial charge in [-0.1, -0.05) is 11.6 Å². The molecule has 1 aliphatic rings. The van der Waals surface area contributed by atoms with Gasteiger partial charge >= 0.3 is 0 Å². The molecule has 0 saturated carbocycles. The fourth-order valence-corrected chi connectivity index (χ4v) is 3.70. The van der Waals surface area contributed by atoms with Crippen molar-refractivity contribution >= 4 is 29.0 Å². The summed E-state index contributed by atoms with van der Waals surface area (Å²) in [5.74, 6) is 0.230.